The van der Waals surface area contributed by atoms with Crippen LogP contribution in [0.15, 0.2) is 0 Å². The molecule has 0 heterocycles. The van der Waals surface area contributed by atoms with Gasteiger partial charge in [-0.05, 0) is 39.0 Å². The van der Waals surface area contributed by atoms with Crippen molar-refractivity contribution >= 4 is 10.0 Å². The van der Waals surface area contributed by atoms with Crippen LogP contribution in [0.25, 0.3) is 0 Å². The van der Waals surface area contributed by atoms with Crippen molar-refractivity contribution < 1.29 is 8.42 Å². The minimum atomic E-state index is -3.09. The molecule has 1 rings (SSSR count). The van der Waals surface area contributed by atoms with Gasteiger partial charge in [0, 0.05) is 12.1 Å². The van der Waals surface area contributed by atoms with Gasteiger partial charge in [0.25, 0.3) is 0 Å². The van der Waals surface area contributed by atoms with E-state index in [2.05, 4.69) is 4.72 Å². The van der Waals surface area contributed by atoms with E-state index in [0.717, 1.165) is 19.3 Å². The summed E-state index contributed by atoms with van der Waals surface area (Å²) in [5, 5.41) is 0. The fraction of sp³-hybridized carbons (Fsp3) is 1.00. The zero-order valence-electron chi connectivity index (χ0n) is 8.86. The first-order valence-corrected chi connectivity index (χ1v) is 6.80. The molecular weight excluding hydrogens is 200 g/mol. The summed E-state index contributed by atoms with van der Waals surface area (Å²) in [5.41, 5.74) is 5.73. The lowest BCUT2D eigenvalue weighted by atomic mass is 10.1. The first-order chi connectivity index (χ1) is 6.39. The zero-order valence-corrected chi connectivity index (χ0v) is 9.68. The number of sulfonamides is 1. The normalized spacial score (nSPS) is 28.6. The standard InChI is InChI=1S/C9H20N2O2S/c1-7(2)11-14(12,13)6-8-3-4-9(10)5-8/h7-9,11H,3-6,10H2,1-2H3/t8-,9+/m1/s1. The van der Waals surface area contributed by atoms with E-state index < -0.39 is 10.0 Å². The molecule has 14 heavy (non-hydrogen) atoms. The minimum Gasteiger partial charge on any atom is -0.328 e. The van der Waals surface area contributed by atoms with Crippen molar-refractivity contribution in [1.29, 1.82) is 0 Å². The molecule has 0 saturated heterocycles. The van der Waals surface area contributed by atoms with Crippen molar-refractivity contribution in [3.05, 3.63) is 0 Å². The van der Waals surface area contributed by atoms with Crippen LogP contribution in [0.1, 0.15) is 33.1 Å². The quantitative estimate of drug-likeness (QED) is 0.722. The molecule has 0 bridgehead atoms. The highest BCUT2D eigenvalue weighted by atomic mass is 32.2. The first kappa shape index (κ1) is 11.9. The summed E-state index contributed by atoms with van der Waals surface area (Å²) in [5.74, 6) is 0.486. The predicted octanol–water partition coefficient (Wildman–Crippen LogP) is 0.442. The number of nitrogens with one attached hydrogen (secondary N) is 1. The average molecular weight is 220 g/mol. The Labute approximate surface area is 86.3 Å². The van der Waals surface area contributed by atoms with Crippen molar-refractivity contribution in [2.24, 2.45) is 11.7 Å². The molecule has 1 fully saturated rings. The van der Waals surface area contributed by atoms with Crippen LogP contribution in [-0.4, -0.2) is 26.3 Å². The predicted molar refractivity (Wildman–Crippen MR) is 57.4 cm³/mol. The van der Waals surface area contributed by atoms with Gasteiger partial charge in [-0.15, -0.1) is 0 Å². The molecule has 84 valence electrons. The Morgan fingerprint density at radius 3 is 2.50 bits per heavy atom. The maximum atomic E-state index is 11.6. The molecule has 3 N–H and O–H groups in total. The largest absolute Gasteiger partial charge is 0.328 e. The molecule has 1 saturated carbocycles. The maximum absolute atomic E-state index is 11.6. The molecule has 5 heteroatoms. The van der Waals surface area contributed by atoms with Crippen LogP contribution < -0.4 is 10.5 Å². The van der Waals surface area contributed by atoms with Crippen LogP contribution >= 0.6 is 0 Å². The second-order valence-electron chi connectivity index (χ2n) is 4.49. The number of hydrogen-bond donors (Lipinski definition) is 2. The maximum Gasteiger partial charge on any atom is 0.212 e. The molecule has 0 aliphatic heterocycles. The molecule has 0 aromatic rings. The van der Waals surface area contributed by atoms with Gasteiger partial charge in [0.05, 0.1) is 5.75 Å². The Hall–Kier alpha value is -0.130. The monoisotopic (exact) mass is 220 g/mol. The van der Waals surface area contributed by atoms with E-state index in [1.165, 1.54) is 0 Å². The van der Waals surface area contributed by atoms with Crippen molar-refractivity contribution in [2.45, 2.75) is 45.2 Å². The molecule has 0 amide bonds. The lowest BCUT2D eigenvalue weighted by Gasteiger charge is -2.13. The summed E-state index contributed by atoms with van der Waals surface area (Å²) in [7, 11) is -3.09. The van der Waals surface area contributed by atoms with Gasteiger partial charge in [-0.1, -0.05) is 0 Å². The Morgan fingerprint density at radius 1 is 1.43 bits per heavy atom. The molecule has 0 unspecified atom stereocenters. The van der Waals surface area contributed by atoms with Crippen LogP contribution in [0.4, 0.5) is 0 Å². The second kappa shape index (κ2) is 4.59. The van der Waals surface area contributed by atoms with Gasteiger partial charge in [0.1, 0.15) is 0 Å². The molecule has 2 atom stereocenters. The SMILES string of the molecule is CC(C)NS(=O)(=O)C[C@@H]1CC[C@H](N)C1. The van der Waals surface area contributed by atoms with Crippen molar-refractivity contribution in [3.63, 3.8) is 0 Å². The van der Waals surface area contributed by atoms with E-state index in [9.17, 15) is 8.42 Å². The highest BCUT2D eigenvalue weighted by Crippen LogP contribution is 2.25. The van der Waals surface area contributed by atoms with Crippen LogP contribution in [0.2, 0.25) is 0 Å². The minimum absolute atomic E-state index is 0.0184. The number of rotatable bonds is 4. The fourth-order valence-corrected chi connectivity index (χ4v) is 3.72. The Balaban J connectivity index is 2.43. The van der Waals surface area contributed by atoms with E-state index in [0.29, 0.717) is 0 Å². The Morgan fingerprint density at radius 2 is 2.07 bits per heavy atom. The third kappa shape index (κ3) is 3.94. The molecule has 4 nitrogen and oxygen atoms in total. The number of nitrogens with two attached hydrogens (primary N) is 1. The third-order valence-electron chi connectivity index (χ3n) is 2.45. The van der Waals surface area contributed by atoms with Gasteiger partial charge in [0.2, 0.25) is 10.0 Å². The van der Waals surface area contributed by atoms with E-state index >= 15 is 0 Å². The highest BCUT2D eigenvalue weighted by molar-refractivity contribution is 7.89. The van der Waals surface area contributed by atoms with Gasteiger partial charge >= 0.3 is 0 Å². The van der Waals surface area contributed by atoms with Gasteiger partial charge < -0.3 is 5.73 Å². The Kier molecular flexibility index (Phi) is 3.92. The van der Waals surface area contributed by atoms with Crippen LogP contribution in [-0.2, 0) is 10.0 Å². The smallest absolute Gasteiger partial charge is 0.212 e. The summed E-state index contributed by atoms with van der Waals surface area (Å²) >= 11 is 0. The summed E-state index contributed by atoms with van der Waals surface area (Å²) in [6, 6.07) is 0.185. The summed E-state index contributed by atoms with van der Waals surface area (Å²) < 4.78 is 25.7. The van der Waals surface area contributed by atoms with Crippen molar-refractivity contribution in [1.82, 2.24) is 4.72 Å². The lowest BCUT2D eigenvalue weighted by molar-refractivity contribution is 0.535. The lowest BCUT2D eigenvalue weighted by Crippen LogP contribution is -2.34. The third-order valence-corrected chi connectivity index (χ3v) is 4.19. The summed E-state index contributed by atoms with van der Waals surface area (Å²) in [4.78, 5) is 0. The van der Waals surface area contributed by atoms with Crippen LogP contribution in [0, 0.1) is 5.92 Å². The zero-order chi connectivity index (χ0) is 10.8. The van der Waals surface area contributed by atoms with Crippen molar-refractivity contribution in [2.75, 3.05) is 5.75 Å². The molecule has 0 aromatic heterocycles. The summed E-state index contributed by atoms with van der Waals surface area (Å²) in [6.45, 7) is 3.66. The summed E-state index contributed by atoms with van der Waals surface area (Å²) in [6.07, 6.45) is 2.75. The fourth-order valence-electron chi connectivity index (χ4n) is 1.98. The molecule has 1 aliphatic carbocycles. The van der Waals surface area contributed by atoms with E-state index in [1.807, 2.05) is 13.8 Å². The molecule has 0 radical (unpaired) electrons. The van der Waals surface area contributed by atoms with Crippen molar-refractivity contribution in [3.8, 4) is 0 Å². The van der Waals surface area contributed by atoms with Gasteiger partial charge in [-0.2, -0.15) is 0 Å². The second-order valence-corrected chi connectivity index (χ2v) is 6.29. The Bertz CT molecular complexity index is 275. The van der Waals surface area contributed by atoms with Gasteiger partial charge in [-0.3, -0.25) is 0 Å². The highest BCUT2D eigenvalue weighted by Gasteiger charge is 2.26. The molecule has 0 spiro atoms. The van der Waals surface area contributed by atoms with E-state index in [1.54, 1.807) is 0 Å². The van der Waals surface area contributed by atoms with Gasteiger partial charge in [-0.25, -0.2) is 13.1 Å². The first-order valence-electron chi connectivity index (χ1n) is 5.14. The molecule has 1 aliphatic rings. The van der Waals surface area contributed by atoms with Gasteiger partial charge in [0.15, 0.2) is 0 Å². The molecule has 0 aromatic carbocycles. The number of hydrogen-bond acceptors (Lipinski definition) is 3. The van der Waals surface area contributed by atoms with Crippen LogP contribution in [0.5, 0.6) is 0 Å². The molecular formula is C9H20N2O2S. The topological polar surface area (TPSA) is 72.2 Å². The van der Waals surface area contributed by atoms with Crippen LogP contribution in [0.3, 0.4) is 0 Å². The van der Waals surface area contributed by atoms with E-state index in [4.69, 9.17) is 5.73 Å². The average Bonchev–Trinajstić information content (AvgIpc) is 2.30. The van der Waals surface area contributed by atoms with E-state index in [-0.39, 0.29) is 23.8 Å².